The molecular weight excluding hydrogens is 430 g/mol. The van der Waals surface area contributed by atoms with Crippen LogP contribution in [0.1, 0.15) is 30.9 Å². The average molecular weight is 453 g/mol. The lowest BCUT2D eigenvalue weighted by Gasteiger charge is -2.17. The Morgan fingerprint density at radius 2 is 2.06 bits per heavy atom. The summed E-state index contributed by atoms with van der Waals surface area (Å²) >= 11 is 5.99. The second kappa shape index (κ2) is 9.09. The summed E-state index contributed by atoms with van der Waals surface area (Å²) in [5.74, 6) is 0.224. The molecule has 0 unspecified atom stereocenters. The largest absolute Gasteiger partial charge is 0.505 e. The monoisotopic (exact) mass is 452 g/mol. The highest BCUT2D eigenvalue weighted by molar-refractivity contribution is 6.31. The summed E-state index contributed by atoms with van der Waals surface area (Å²) in [6.45, 7) is 1.22. The van der Waals surface area contributed by atoms with E-state index in [4.69, 9.17) is 21.1 Å². The van der Waals surface area contributed by atoms with Crippen molar-refractivity contribution in [3.8, 4) is 5.75 Å². The molecular formula is C22H23ClF2N2O4. The van der Waals surface area contributed by atoms with E-state index in [1.54, 1.807) is 19.4 Å². The number of methoxy groups -OCH3 is 1. The van der Waals surface area contributed by atoms with E-state index < -0.39 is 11.5 Å². The fraction of sp³-hybridized carbons (Fsp3) is 0.364. The molecule has 0 radical (unpaired) electrons. The topological polar surface area (TPSA) is 73.6 Å². The third-order valence-corrected chi connectivity index (χ3v) is 5.90. The number of nitrogens with one attached hydrogen (secondary N) is 1. The molecule has 0 aromatic heterocycles. The molecule has 166 valence electrons. The summed E-state index contributed by atoms with van der Waals surface area (Å²) < 4.78 is 35.9. The van der Waals surface area contributed by atoms with Gasteiger partial charge in [0.1, 0.15) is 11.4 Å². The second-order valence-corrected chi connectivity index (χ2v) is 8.30. The smallest absolute Gasteiger partial charge is 0.387 e. The Morgan fingerprint density at radius 3 is 2.71 bits per heavy atom. The Balaban J connectivity index is 1.98. The molecule has 9 heteroatoms. The summed E-state index contributed by atoms with van der Waals surface area (Å²) in [7, 11) is 1.56. The lowest BCUT2D eigenvalue weighted by atomic mass is 9.97. The third kappa shape index (κ3) is 4.90. The number of nitro groups is 1. The summed E-state index contributed by atoms with van der Waals surface area (Å²) in [5.41, 5.74) is 1.27. The number of hydrogen-bond acceptors (Lipinski definition) is 5. The number of nitrogens with zero attached hydrogens (tertiary/aromatic N) is 1. The number of halogens is 3. The first-order chi connectivity index (χ1) is 14.7. The number of ether oxygens (including phenoxy) is 2. The first-order valence-electron chi connectivity index (χ1n) is 9.60. The van der Waals surface area contributed by atoms with Gasteiger partial charge in [-0.2, -0.15) is 8.78 Å². The molecule has 1 N–H and O–H groups in total. The molecule has 0 aliphatic heterocycles. The van der Waals surface area contributed by atoms with E-state index in [0.29, 0.717) is 10.6 Å². The number of nitro benzene ring substituents is 1. The van der Waals surface area contributed by atoms with Gasteiger partial charge in [-0.1, -0.05) is 37.6 Å². The van der Waals surface area contributed by atoms with Gasteiger partial charge >= 0.3 is 6.61 Å². The van der Waals surface area contributed by atoms with Crippen LogP contribution in [-0.4, -0.2) is 18.6 Å². The predicted octanol–water partition coefficient (Wildman–Crippen LogP) is 6.36. The van der Waals surface area contributed by atoms with Gasteiger partial charge in [-0.05, 0) is 47.1 Å². The molecule has 0 bridgehead atoms. The molecule has 1 aliphatic carbocycles. The first-order valence-corrected chi connectivity index (χ1v) is 9.98. The van der Waals surface area contributed by atoms with Gasteiger partial charge in [-0.25, -0.2) is 0 Å². The quantitative estimate of drug-likeness (QED) is 0.272. The Kier molecular flexibility index (Phi) is 6.69. The van der Waals surface area contributed by atoms with Crippen LogP contribution in [0.4, 0.5) is 20.2 Å². The maximum atomic E-state index is 13.1. The van der Waals surface area contributed by atoms with Crippen LogP contribution in [0.25, 0.3) is 0 Å². The highest BCUT2D eigenvalue weighted by Crippen LogP contribution is 2.66. The lowest BCUT2D eigenvalue weighted by Crippen LogP contribution is -2.11. The normalized spacial score (nSPS) is 19.5. The van der Waals surface area contributed by atoms with Crippen molar-refractivity contribution in [2.45, 2.75) is 32.9 Å². The van der Waals surface area contributed by atoms with Crippen molar-refractivity contribution in [3.63, 3.8) is 0 Å². The summed E-state index contributed by atoms with van der Waals surface area (Å²) in [6, 6.07) is 9.15. The van der Waals surface area contributed by atoms with Crippen molar-refractivity contribution in [1.29, 1.82) is 0 Å². The lowest BCUT2D eigenvalue weighted by molar-refractivity contribution is -0.384. The van der Waals surface area contributed by atoms with Gasteiger partial charge in [0.05, 0.1) is 18.3 Å². The van der Waals surface area contributed by atoms with Crippen molar-refractivity contribution in [2.75, 3.05) is 12.4 Å². The fourth-order valence-electron chi connectivity index (χ4n) is 4.06. The molecule has 1 fully saturated rings. The van der Waals surface area contributed by atoms with E-state index in [1.165, 1.54) is 24.3 Å². The van der Waals surface area contributed by atoms with Gasteiger partial charge in [0.25, 0.3) is 5.69 Å². The van der Waals surface area contributed by atoms with Crippen LogP contribution in [-0.2, 0) is 11.3 Å². The highest BCUT2D eigenvalue weighted by atomic mass is 35.5. The van der Waals surface area contributed by atoms with Crippen molar-refractivity contribution >= 4 is 23.0 Å². The molecule has 2 aromatic carbocycles. The zero-order valence-electron chi connectivity index (χ0n) is 17.3. The molecule has 0 spiro atoms. The maximum absolute atomic E-state index is 13.1. The minimum Gasteiger partial charge on any atom is -0.505 e. The number of hydrogen-bond donors (Lipinski definition) is 1. The Hall–Kier alpha value is -2.87. The number of rotatable bonds is 9. The van der Waals surface area contributed by atoms with Gasteiger partial charge in [-0.15, -0.1) is 0 Å². The second-order valence-electron chi connectivity index (χ2n) is 7.86. The van der Waals surface area contributed by atoms with Crippen LogP contribution in [0.15, 0.2) is 48.7 Å². The number of allylic oxidation sites excluding steroid dienone is 1. The Bertz CT molecular complexity index is 997. The van der Waals surface area contributed by atoms with Crippen LogP contribution < -0.4 is 10.1 Å². The minimum absolute atomic E-state index is 0.0295. The van der Waals surface area contributed by atoms with E-state index in [-0.39, 0.29) is 40.9 Å². The SMILES string of the molecule is CO/C=C/[C@H]1[C@H](c2cccc(OC(F)F)c2CNc2cc(Cl)ccc2[N+](=O)[O-])C1(C)C. The van der Waals surface area contributed by atoms with Gasteiger partial charge < -0.3 is 14.8 Å². The van der Waals surface area contributed by atoms with Gasteiger partial charge in [0.15, 0.2) is 0 Å². The minimum atomic E-state index is -2.99. The molecule has 0 saturated heterocycles. The van der Waals surface area contributed by atoms with Crippen molar-refractivity contribution in [3.05, 3.63) is 75.0 Å². The van der Waals surface area contributed by atoms with Crippen LogP contribution >= 0.6 is 11.6 Å². The maximum Gasteiger partial charge on any atom is 0.387 e. The predicted molar refractivity (Wildman–Crippen MR) is 115 cm³/mol. The molecule has 2 aromatic rings. The van der Waals surface area contributed by atoms with Crippen LogP contribution in [0.3, 0.4) is 0 Å². The van der Waals surface area contributed by atoms with E-state index >= 15 is 0 Å². The van der Waals surface area contributed by atoms with E-state index in [1.807, 2.05) is 12.1 Å². The average Bonchev–Trinajstić information content (AvgIpc) is 3.24. The van der Waals surface area contributed by atoms with Crippen LogP contribution in [0.2, 0.25) is 5.02 Å². The molecule has 0 heterocycles. The van der Waals surface area contributed by atoms with Crippen molar-refractivity contribution in [1.82, 2.24) is 0 Å². The van der Waals surface area contributed by atoms with Crippen LogP contribution in [0.5, 0.6) is 5.75 Å². The standard InChI is InChI=1S/C22H23ClF2N2O4/c1-22(2)16(9-10-30-3)20(22)14-5-4-6-19(31-21(24)25)15(14)12-26-17-11-13(23)7-8-18(17)27(28)29/h4-11,16,20-21,26H,12H2,1-3H3/b10-9+/t16-,20-/m0/s1. The van der Waals surface area contributed by atoms with Crippen LogP contribution in [0, 0.1) is 21.4 Å². The fourth-order valence-corrected chi connectivity index (χ4v) is 4.23. The molecule has 1 aliphatic rings. The van der Waals surface area contributed by atoms with E-state index in [9.17, 15) is 18.9 Å². The Morgan fingerprint density at radius 1 is 1.32 bits per heavy atom. The molecule has 0 amide bonds. The van der Waals surface area contributed by atoms with Crippen molar-refractivity contribution < 1.29 is 23.2 Å². The molecule has 1 saturated carbocycles. The number of anilines is 1. The molecule has 6 nitrogen and oxygen atoms in total. The van der Waals surface area contributed by atoms with Gasteiger partial charge in [0, 0.05) is 23.2 Å². The van der Waals surface area contributed by atoms with Gasteiger partial charge in [-0.3, -0.25) is 10.1 Å². The Labute approximate surface area is 184 Å². The number of benzene rings is 2. The van der Waals surface area contributed by atoms with E-state index in [0.717, 1.165) is 5.56 Å². The number of alkyl halides is 2. The molecule has 2 atom stereocenters. The zero-order chi connectivity index (χ0) is 22.8. The third-order valence-electron chi connectivity index (χ3n) is 5.66. The highest BCUT2D eigenvalue weighted by Gasteiger charge is 2.57. The van der Waals surface area contributed by atoms with Crippen molar-refractivity contribution in [2.24, 2.45) is 11.3 Å². The summed E-state index contributed by atoms with van der Waals surface area (Å²) in [4.78, 5) is 10.8. The van der Waals surface area contributed by atoms with Gasteiger partial charge in [0.2, 0.25) is 0 Å². The molecule has 31 heavy (non-hydrogen) atoms. The molecule has 3 rings (SSSR count). The summed E-state index contributed by atoms with van der Waals surface area (Å²) in [5, 5.41) is 14.6. The zero-order valence-corrected chi connectivity index (χ0v) is 18.0. The first kappa shape index (κ1) is 22.8. The van der Waals surface area contributed by atoms with E-state index in [2.05, 4.69) is 19.2 Å². The summed E-state index contributed by atoms with van der Waals surface area (Å²) in [6.07, 6.45) is 3.56.